The predicted molar refractivity (Wildman–Crippen MR) is 79.3 cm³/mol. The normalized spacial score (nSPS) is 26.3. The standard InChI is InChI=1S/C16H26N2O/c1-13-12-18(14(2)9-10-19-3)16(11-17-13)15-7-5-4-6-8-15/h4-8,13-14,16-17H,9-12H2,1-3H3. The van der Waals surface area contributed by atoms with Crippen LogP contribution in [-0.2, 0) is 4.74 Å². The lowest BCUT2D eigenvalue weighted by atomic mass is 9.98. The van der Waals surface area contributed by atoms with E-state index in [1.165, 1.54) is 5.56 Å². The number of ether oxygens (including phenoxy) is 1. The first-order chi connectivity index (χ1) is 9.22. The maximum Gasteiger partial charge on any atom is 0.0477 e. The third kappa shape index (κ3) is 3.78. The molecule has 1 saturated heterocycles. The number of benzene rings is 1. The molecule has 1 heterocycles. The van der Waals surface area contributed by atoms with Gasteiger partial charge in [0.1, 0.15) is 0 Å². The zero-order chi connectivity index (χ0) is 13.7. The average Bonchev–Trinajstić information content (AvgIpc) is 2.45. The van der Waals surface area contributed by atoms with Gasteiger partial charge in [0.05, 0.1) is 0 Å². The van der Waals surface area contributed by atoms with Crippen molar-refractivity contribution in [1.82, 2.24) is 10.2 Å². The van der Waals surface area contributed by atoms with Gasteiger partial charge in [0.25, 0.3) is 0 Å². The summed E-state index contributed by atoms with van der Waals surface area (Å²) in [4.78, 5) is 2.62. The maximum atomic E-state index is 5.23. The highest BCUT2D eigenvalue weighted by Crippen LogP contribution is 2.26. The Balaban J connectivity index is 2.10. The van der Waals surface area contributed by atoms with Gasteiger partial charge in [-0.2, -0.15) is 0 Å². The molecule has 106 valence electrons. The summed E-state index contributed by atoms with van der Waals surface area (Å²) in [5, 5.41) is 3.60. The molecule has 3 nitrogen and oxygen atoms in total. The Labute approximate surface area is 116 Å². The highest BCUT2D eigenvalue weighted by molar-refractivity contribution is 5.20. The molecule has 19 heavy (non-hydrogen) atoms. The molecule has 1 aromatic rings. The lowest BCUT2D eigenvalue weighted by Gasteiger charge is -2.43. The molecule has 0 radical (unpaired) electrons. The minimum atomic E-state index is 0.476. The van der Waals surface area contributed by atoms with E-state index >= 15 is 0 Å². The Bertz CT molecular complexity index is 368. The van der Waals surface area contributed by atoms with Gasteiger partial charge in [-0.3, -0.25) is 4.90 Å². The highest BCUT2D eigenvalue weighted by atomic mass is 16.5. The van der Waals surface area contributed by atoms with Gasteiger partial charge >= 0.3 is 0 Å². The molecular weight excluding hydrogens is 236 g/mol. The van der Waals surface area contributed by atoms with Gasteiger partial charge in [0.2, 0.25) is 0 Å². The van der Waals surface area contributed by atoms with Gasteiger partial charge in [-0.1, -0.05) is 30.3 Å². The van der Waals surface area contributed by atoms with E-state index in [4.69, 9.17) is 4.74 Å². The second-order valence-corrected chi connectivity index (χ2v) is 5.56. The van der Waals surface area contributed by atoms with Crippen molar-refractivity contribution < 1.29 is 4.74 Å². The molecule has 0 bridgehead atoms. The molecule has 1 aliphatic heterocycles. The second kappa shape index (κ2) is 7.04. The van der Waals surface area contributed by atoms with Crippen LogP contribution in [0.15, 0.2) is 30.3 Å². The van der Waals surface area contributed by atoms with Crippen molar-refractivity contribution in [2.24, 2.45) is 0 Å². The number of hydrogen-bond donors (Lipinski definition) is 1. The Morgan fingerprint density at radius 1 is 1.37 bits per heavy atom. The molecule has 3 heteroatoms. The van der Waals surface area contributed by atoms with Crippen LogP contribution in [-0.4, -0.2) is 43.8 Å². The predicted octanol–water partition coefficient (Wildman–Crippen LogP) is 2.45. The van der Waals surface area contributed by atoms with Crippen molar-refractivity contribution in [3.63, 3.8) is 0 Å². The Morgan fingerprint density at radius 2 is 2.11 bits per heavy atom. The number of nitrogens with one attached hydrogen (secondary N) is 1. The molecule has 1 aliphatic rings. The molecule has 0 aromatic heterocycles. The minimum absolute atomic E-state index is 0.476. The van der Waals surface area contributed by atoms with Crippen molar-refractivity contribution in [3.8, 4) is 0 Å². The lowest BCUT2D eigenvalue weighted by molar-refractivity contribution is 0.0707. The third-order valence-electron chi connectivity index (χ3n) is 4.03. The molecule has 3 atom stereocenters. The average molecular weight is 262 g/mol. The van der Waals surface area contributed by atoms with E-state index in [2.05, 4.69) is 54.4 Å². The van der Waals surface area contributed by atoms with Crippen LogP contribution < -0.4 is 5.32 Å². The SMILES string of the molecule is COCCC(C)N1CC(C)NCC1c1ccccc1. The van der Waals surface area contributed by atoms with Gasteiger partial charge < -0.3 is 10.1 Å². The second-order valence-electron chi connectivity index (χ2n) is 5.56. The van der Waals surface area contributed by atoms with Crippen molar-refractivity contribution in [2.45, 2.75) is 38.4 Å². The summed E-state index contributed by atoms with van der Waals surface area (Å²) in [6.45, 7) is 7.54. The first-order valence-corrected chi connectivity index (χ1v) is 7.25. The fourth-order valence-corrected chi connectivity index (χ4v) is 2.86. The van der Waals surface area contributed by atoms with E-state index in [9.17, 15) is 0 Å². The molecule has 1 aromatic carbocycles. The van der Waals surface area contributed by atoms with Crippen molar-refractivity contribution in [3.05, 3.63) is 35.9 Å². The van der Waals surface area contributed by atoms with Crippen LogP contribution in [0.25, 0.3) is 0 Å². The van der Waals surface area contributed by atoms with E-state index < -0.39 is 0 Å². The van der Waals surface area contributed by atoms with Crippen LogP contribution in [0.5, 0.6) is 0 Å². The minimum Gasteiger partial charge on any atom is -0.385 e. The maximum absolute atomic E-state index is 5.23. The number of methoxy groups -OCH3 is 1. The largest absolute Gasteiger partial charge is 0.385 e. The molecular formula is C16H26N2O. The van der Waals surface area contributed by atoms with Crippen LogP contribution in [0.2, 0.25) is 0 Å². The fourth-order valence-electron chi connectivity index (χ4n) is 2.86. The number of piperazine rings is 1. The van der Waals surface area contributed by atoms with Gasteiger partial charge in [0.15, 0.2) is 0 Å². The lowest BCUT2D eigenvalue weighted by Crippen LogP contribution is -2.54. The summed E-state index contributed by atoms with van der Waals surface area (Å²) in [5.74, 6) is 0. The molecule has 1 fully saturated rings. The molecule has 2 rings (SSSR count). The van der Waals surface area contributed by atoms with Crippen molar-refractivity contribution in [2.75, 3.05) is 26.8 Å². The Hall–Kier alpha value is -0.900. The Kier molecular flexibility index (Phi) is 5.37. The molecule has 3 unspecified atom stereocenters. The number of nitrogens with zero attached hydrogens (tertiary/aromatic N) is 1. The van der Waals surface area contributed by atoms with Crippen LogP contribution in [0.3, 0.4) is 0 Å². The van der Waals surface area contributed by atoms with Gasteiger partial charge in [-0.05, 0) is 25.8 Å². The zero-order valence-electron chi connectivity index (χ0n) is 12.3. The van der Waals surface area contributed by atoms with Gasteiger partial charge in [0, 0.05) is 44.9 Å². The molecule has 0 spiro atoms. The highest BCUT2D eigenvalue weighted by Gasteiger charge is 2.29. The van der Waals surface area contributed by atoms with Crippen LogP contribution in [0, 0.1) is 0 Å². The summed E-state index contributed by atoms with van der Waals surface area (Å²) in [5.41, 5.74) is 1.41. The number of rotatable bonds is 5. The van der Waals surface area contributed by atoms with Gasteiger partial charge in [-0.25, -0.2) is 0 Å². The van der Waals surface area contributed by atoms with Crippen LogP contribution in [0.1, 0.15) is 31.9 Å². The van der Waals surface area contributed by atoms with Crippen molar-refractivity contribution >= 4 is 0 Å². The van der Waals surface area contributed by atoms with E-state index in [1.807, 2.05) is 0 Å². The van der Waals surface area contributed by atoms with E-state index in [-0.39, 0.29) is 0 Å². The summed E-state index contributed by atoms with van der Waals surface area (Å²) in [6.07, 6.45) is 1.09. The Morgan fingerprint density at radius 3 is 2.79 bits per heavy atom. The summed E-state index contributed by atoms with van der Waals surface area (Å²) < 4.78 is 5.23. The molecule has 0 amide bonds. The third-order valence-corrected chi connectivity index (χ3v) is 4.03. The molecule has 1 N–H and O–H groups in total. The first kappa shape index (κ1) is 14.5. The van der Waals surface area contributed by atoms with E-state index in [0.717, 1.165) is 26.1 Å². The van der Waals surface area contributed by atoms with Crippen molar-refractivity contribution in [1.29, 1.82) is 0 Å². The van der Waals surface area contributed by atoms with Gasteiger partial charge in [-0.15, -0.1) is 0 Å². The quantitative estimate of drug-likeness (QED) is 0.882. The summed E-state index contributed by atoms with van der Waals surface area (Å²) in [7, 11) is 1.78. The molecule has 0 saturated carbocycles. The summed E-state index contributed by atoms with van der Waals surface area (Å²) >= 11 is 0. The van der Waals surface area contributed by atoms with Crippen LogP contribution in [0.4, 0.5) is 0 Å². The van der Waals surface area contributed by atoms with E-state index in [1.54, 1.807) is 7.11 Å². The topological polar surface area (TPSA) is 24.5 Å². The first-order valence-electron chi connectivity index (χ1n) is 7.25. The van der Waals surface area contributed by atoms with E-state index in [0.29, 0.717) is 18.1 Å². The fraction of sp³-hybridized carbons (Fsp3) is 0.625. The summed E-state index contributed by atoms with van der Waals surface area (Å²) in [6, 6.07) is 12.4. The zero-order valence-corrected chi connectivity index (χ0v) is 12.3. The monoisotopic (exact) mass is 262 g/mol. The number of hydrogen-bond acceptors (Lipinski definition) is 3. The molecule has 0 aliphatic carbocycles. The van der Waals surface area contributed by atoms with Crippen LogP contribution >= 0.6 is 0 Å². The smallest absolute Gasteiger partial charge is 0.0477 e.